The Balaban J connectivity index is 2.74. The fourth-order valence-electron chi connectivity index (χ4n) is 1.68. The Labute approximate surface area is 125 Å². The summed E-state index contributed by atoms with van der Waals surface area (Å²) in [6.45, 7) is 1.22. The summed E-state index contributed by atoms with van der Waals surface area (Å²) in [5.41, 5.74) is 0.184. The smallest absolute Gasteiger partial charge is 0.303 e. The number of amides is 2. The number of nitrogens with zero attached hydrogens (tertiary/aromatic N) is 1. The molecule has 118 valence electrons. The van der Waals surface area contributed by atoms with E-state index in [0.29, 0.717) is 5.69 Å². The molecule has 3 N–H and O–H groups in total. The third-order valence-electron chi connectivity index (χ3n) is 2.69. The molecule has 1 rings (SSSR count). The third kappa shape index (κ3) is 5.57. The normalized spacial score (nSPS) is 11.3. The monoisotopic (exact) mass is 309 g/mol. The summed E-state index contributed by atoms with van der Waals surface area (Å²) < 4.78 is 0. The van der Waals surface area contributed by atoms with Gasteiger partial charge in [0.1, 0.15) is 6.04 Å². The van der Waals surface area contributed by atoms with E-state index >= 15 is 0 Å². The molecular weight excluding hydrogens is 294 g/mol. The van der Waals surface area contributed by atoms with Gasteiger partial charge in [0.15, 0.2) is 0 Å². The van der Waals surface area contributed by atoms with Crippen molar-refractivity contribution in [2.24, 2.45) is 0 Å². The Morgan fingerprint density at radius 1 is 1.27 bits per heavy atom. The minimum Gasteiger partial charge on any atom is -0.481 e. The molecule has 0 bridgehead atoms. The standard InChI is InChI=1S/C13H15N3O6/c1-8(17)14-11(6-7-12(18)19)13(20)15-9-2-4-10(5-3-9)16(21)22/h2-5,11H,6-7H2,1H3,(H,14,17)(H,15,20)(H,18,19)/t11-/m0/s1. The Bertz CT molecular complexity index is 584. The van der Waals surface area contributed by atoms with Crippen molar-refractivity contribution in [1.29, 1.82) is 0 Å². The molecule has 9 heteroatoms. The molecule has 2 amide bonds. The van der Waals surface area contributed by atoms with E-state index < -0.39 is 28.7 Å². The minimum atomic E-state index is -1.08. The predicted molar refractivity (Wildman–Crippen MR) is 76.2 cm³/mol. The molecule has 0 aliphatic rings. The van der Waals surface area contributed by atoms with Crippen molar-refractivity contribution in [3.63, 3.8) is 0 Å². The SMILES string of the molecule is CC(=O)N[C@@H](CCC(=O)O)C(=O)Nc1ccc([N+](=O)[O-])cc1. The van der Waals surface area contributed by atoms with E-state index in [1.54, 1.807) is 0 Å². The van der Waals surface area contributed by atoms with Crippen molar-refractivity contribution >= 4 is 29.2 Å². The van der Waals surface area contributed by atoms with Crippen molar-refractivity contribution in [2.45, 2.75) is 25.8 Å². The van der Waals surface area contributed by atoms with E-state index in [0.717, 1.165) is 0 Å². The van der Waals surface area contributed by atoms with Crippen LogP contribution in [0.3, 0.4) is 0 Å². The molecule has 1 atom stereocenters. The molecule has 0 radical (unpaired) electrons. The van der Waals surface area contributed by atoms with Crippen molar-refractivity contribution in [2.75, 3.05) is 5.32 Å². The van der Waals surface area contributed by atoms with Crippen molar-refractivity contribution < 1.29 is 24.4 Å². The lowest BCUT2D eigenvalue weighted by atomic mass is 10.1. The van der Waals surface area contributed by atoms with Gasteiger partial charge in [-0.3, -0.25) is 24.5 Å². The number of anilines is 1. The molecule has 22 heavy (non-hydrogen) atoms. The number of carboxylic acid groups (broad SMARTS) is 1. The lowest BCUT2D eigenvalue weighted by Gasteiger charge is -2.16. The number of carbonyl (C=O) groups excluding carboxylic acids is 2. The number of hydrogen-bond acceptors (Lipinski definition) is 5. The van der Waals surface area contributed by atoms with Crippen molar-refractivity contribution in [1.82, 2.24) is 5.32 Å². The van der Waals surface area contributed by atoms with Crippen molar-refractivity contribution in [3.8, 4) is 0 Å². The van der Waals surface area contributed by atoms with Gasteiger partial charge in [0, 0.05) is 31.2 Å². The average molecular weight is 309 g/mol. The summed E-state index contributed by atoms with van der Waals surface area (Å²) in [7, 11) is 0. The topological polar surface area (TPSA) is 139 Å². The van der Waals surface area contributed by atoms with Gasteiger partial charge >= 0.3 is 5.97 Å². The van der Waals surface area contributed by atoms with Gasteiger partial charge in [0.05, 0.1) is 4.92 Å². The second-order valence-electron chi connectivity index (χ2n) is 4.48. The van der Waals surface area contributed by atoms with E-state index in [1.807, 2.05) is 0 Å². The number of carboxylic acids is 1. The molecule has 0 saturated carbocycles. The number of hydrogen-bond donors (Lipinski definition) is 3. The van der Waals surface area contributed by atoms with Crippen molar-refractivity contribution in [3.05, 3.63) is 34.4 Å². The fourth-order valence-corrected chi connectivity index (χ4v) is 1.68. The van der Waals surface area contributed by atoms with Crippen LogP contribution >= 0.6 is 0 Å². The number of benzene rings is 1. The lowest BCUT2D eigenvalue weighted by molar-refractivity contribution is -0.384. The Kier molecular flexibility index (Phi) is 5.99. The van der Waals surface area contributed by atoms with Gasteiger partial charge in [-0.15, -0.1) is 0 Å². The molecule has 0 aromatic heterocycles. The first kappa shape index (κ1) is 17.1. The summed E-state index contributed by atoms with van der Waals surface area (Å²) in [6, 6.07) is 4.14. The molecule has 0 aliphatic heterocycles. The number of carbonyl (C=O) groups is 3. The van der Waals surface area contributed by atoms with Crippen LogP contribution in [0.5, 0.6) is 0 Å². The molecule has 9 nitrogen and oxygen atoms in total. The van der Waals surface area contributed by atoms with Crippen LogP contribution in [0, 0.1) is 10.1 Å². The van der Waals surface area contributed by atoms with Crippen LogP contribution in [-0.2, 0) is 14.4 Å². The molecule has 0 saturated heterocycles. The number of non-ortho nitro benzene ring substituents is 1. The molecule has 0 spiro atoms. The zero-order valence-corrected chi connectivity index (χ0v) is 11.7. The Morgan fingerprint density at radius 3 is 2.32 bits per heavy atom. The van der Waals surface area contributed by atoms with Crippen LogP contribution in [0.2, 0.25) is 0 Å². The molecular formula is C13H15N3O6. The van der Waals surface area contributed by atoms with E-state index in [9.17, 15) is 24.5 Å². The fraction of sp³-hybridized carbons (Fsp3) is 0.308. The Hall–Kier alpha value is -2.97. The second kappa shape index (κ2) is 7.72. The van der Waals surface area contributed by atoms with E-state index in [4.69, 9.17) is 5.11 Å². The highest BCUT2D eigenvalue weighted by molar-refractivity contribution is 5.97. The minimum absolute atomic E-state index is 0.0618. The number of nitrogens with one attached hydrogen (secondary N) is 2. The summed E-state index contributed by atoms with van der Waals surface area (Å²) in [5.74, 6) is -2.14. The number of aliphatic carboxylic acids is 1. The van der Waals surface area contributed by atoms with Gasteiger partial charge in [-0.05, 0) is 18.6 Å². The molecule has 0 fully saturated rings. The van der Waals surface area contributed by atoms with E-state index in [2.05, 4.69) is 10.6 Å². The molecule has 0 aliphatic carbocycles. The predicted octanol–water partition coefficient (Wildman–Crippen LogP) is 0.903. The molecule has 0 heterocycles. The first-order valence-corrected chi connectivity index (χ1v) is 6.34. The first-order valence-electron chi connectivity index (χ1n) is 6.34. The van der Waals surface area contributed by atoms with Crippen LogP contribution in [-0.4, -0.2) is 33.9 Å². The van der Waals surface area contributed by atoms with E-state index in [1.165, 1.54) is 31.2 Å². The quantitative estimate of drug-likeness (QED) is 0.505. The highest BCUT2D eigenvalue weighted by atomic mass is 16.6. The molecule has 1 aromatic rings. The van der Waals surface area contributed by atoms with Gasteiger partial charge in [-0.1, -0.05) is 0 Å². The number of nitro groups is 1. The zero-order valence-electron chi connectivity index (χ0n) is 11.7. The molecule has 1 aromatic carbocycles. The summed E-state index contributed by atoms with van der Waals surface area (Å²) >= 11 is 0. The van der Waals surface area contributed by atoms with Crippen LogP contribution < -0.4 is 10.6 Å². The van der Waals surface area contributed by atoms with Crippen LogP contribution in [0.15, 0.2) is 24.3 Å². The number of nitro benzene ring substituents is 1. The average Bonchev–Trinajstić information content (AvgIpc) is 2.43. The maximum atomic E-state index is 12.0. The van der Waals surface area contributed by atoms with Crippen LogP contribution in [0.4, 0.5) is 11.4 Å². The lowest BCUT2D eigenvalue weighted by Crippen LogP contribution is -2.43. The highest BCUT2D eigenvalue weighted by Gasteiger charge is 2.20. The van der Waals surface area contributed by atoms with Gasteiger partial charge in [-0.2, -0.15) is 0 Å². The third-order valence-corrected chi connectivity index (χ3v) is 2.69. The van der Waals surface area contributed by atoms with Gasteiger partial charge in [0.2, 0.25) is 11.8 Å². The van der Waals surface area contributed by atoms with Crippen LogP contribution in [0.25, 0.3) is 0 Å². The maximum Gasteiger partial charge on any atom is 0.303 e. The number of rotatable bonds is 7. The van der Waals surface area contributed by atoms with Gasteiger partial charge in [0.25, 0.3) is 5.69 Å². The van der Waals surface area contributed by atoms with Gasteiger partial charge in [-0.25, -0.2) is 0 Å². The van der Waals surface area contributed by atoms with Crippen LogP contribution in [0.1, 0.15) is 19.8 Å². The highest BCUT2D eigenvalue weighted by Crippen LogP contribution is 2.15. The second-order valence-corrected chi connectivity index (χ2v) is 4.48. The molecule has 0 unspecified atom stereocenters. The van der Waals surface area contributed by atoms with Gasteiger partial charge < -0.3 is 15.7 Å². The van der Waals surface area contributed by atoms with E-state index in [-0.39, 0.29) is 18.5 Å². The Morgan fingerprint density at radius 2 is 1.86 bits per heavy atom. The summed E-state index contributed by atoms with van der Waals surface area (Å²) in [4.78, 5) is 43.6. The zero-order chi connectivity index (χ0) is 16.7. The first-order chi connectivity index (χ1) is 10.3. The largest absolute Gasteiger partial charge is 0.481 e. The summed E-state index contributed by atoms with van der Waals surface area (Å²) in [5, 5.41) is 24.0. The maximum absolute atomic E-state index is 12.0. The summed E-state index contributed by atoms with van der Waals surface area (Å²) in [6.07, 6.45) is -0.341.